The lowest BCUT2D eigenvalue weighted by atomic mass is 9.72. The molecule has 0 unspecified atom stereocenters. The van der Waals surface area contributed by atoms with E-state index in [4.69, 9.17) is 5.73 Å². The van der Waals surface area contributed by atoms with Crippen LogP contribution in [0, 0.1) is 0 Å². The maximum absolute atomic E-state index is 7.55. The van der Waals surface area contributed by atoms with Crippen molar-refractivity contribution < 1.29 is 0 Å². The zero-order valence-corrected chi connectivity index (χ0v) is 31.3. The second-order valence-electron chi connectivity index (χ2n) is 15.2. The van der Waals surface area contributed by atoms with Gasteiger partial charge in [0, 0.05) is 56.0 Å². The molecule has 2 N–H and O–H groups in total. The molecule has 0 amide bonds. The first kappa shape index (κ1) is 31.9. The summed E-state index contributed by atoms with van der Waals surface area (Å²) >= 11 is 0. The number of para-hydroxylation sites is 2. The Labute approximate surface area is 330 Å². The van der Waals surface area contributed by atoms with E-state index in [0.717, 1.165) is 33.7 Å². The van der Waals surface area contributed by atoms with E-state index in [0.29, 0.717) is 0 Å². The van der Waals surface area contributed by atoms with Crippen LogP contribution in [0.25, 0.3) is 82.8 Å². The third kappa shape index (κ3) is 4.14. The number of fused-ring (bicyclic) bond motifs is 14. The molecule has 3 heterocycles. The molecule has 1 spiro atoms. The van der Waals surface area contributed by atoms with Crippen molar-refractivity contribution >= 4 is 49.2 Å². The fraction of sp³-hybridized carbons (Fsp3) is 0.0377. The van der Waals surface area contributed by atoms with Gasteiger partial charge in [-0.1, -0.05) is 133 Å². The van der Waals surface area contributed by atoms with Crippen LogP contribution in [0.1, 0.15) is 29.2 Å². The Morgan fingerprint density at radius 1 is 0.509 bits per heavy atom. The van der Waals surface area contributed by atoms with E-state index in [1.165, 1.54) is 77.0 Å². The lowest BCUT2D eigenvalue weighted by Crippen LogP contribution is -2.31. The predicted octanol–water partition coefficient (Wildman–Crippen LogP) is 12.5. The number of rotatable bonds is 4. The van der Waals surface area contributed by atoms with Gasteiger partial charge in [0.15, 0.2) is 0 Å². The fourth-order valence-electron chi connectivity index (χ4n) is 10.3. The fourth-order valence-corrected chi connectivity index (χ4v) is 10.3. The summed E-state index contributed by atoms with van der Waals surface area (Å²) in [7, 11) is 0. The zero-order chi connectivity index (χ0) is 37.8. The molecule has 2 aliphatic rings. The monoisotopic (exact) mass is 728 g/mol. The molecule has 0 radical (unpaired) electrons. The van der Waals surface area contributed by atoms with Crippen molar-refractivity contribution in [3.05, 3.63) is 216 Å². The summed E-state index contributed by atoms with van der Waals surface area (Å²) in [6, 6.07) is 59.7. The van der Waals surface area contributed by atoms with Crippen LogP contribution in [0.3, 0.4) is 0 Å². The van der Waals surface area contributed by atoms with Gasteiger partial charge < -0.3 is 14.9 Å². The van der Waals surface area contributed by atoms with Gasteiger partial charge in [-0.05, 0) is 88.3 Å². The lowest BCUT2D eigenvalue weighted by molar-refractivity contribution is 0.756. The molecule has 0 fully saturated rings. The largest absolute Gasteiger partial charge is 0.400 e. The highest BCUT2D eigenvalue weighted by atomic mass is 15.0. The van der Waals surface area contributed by atoms with E-state index in [1.807, 2.05) is 12.4 Å². The first-order valence-electron chi connectivity index (χ1n) is 19.6. The second-order valence-corrected chi connectivity index (χ2v) is 15.2. The number of nitrogens with zero attached hydrogens (tertiary/aromatic N) is 3. The van der Waals surface area contributed by atoms with Gasteiger partial charge >= 0.3 is 0 Å². The minimum Gasteiger partial charge on any atom is -0.400 e. The van der Waals surface area contributed by atoms with E-state index in [-0.39, 0.29) is 0 Å². The van der Waals surface area contributed by atoms with Gasteiger partial charge in [-0.15, -0.1) is 0 Å². The molecule has 0 saturated heterocycles. The summed E-state index contributed by atoms with van der Waals surface area (Å²) in [5, 5.41) is 4.88. The van der Waals surface area contributed by atoms with E-state index >= 15 is 0 Å². The topological polar surface area (TPSA) is 48.8 Å². The van der Waals surface area contributed by atoms with Crippen molar-refractivity contribution in [2.24, 2.45) is 5.73 Å². The Balaban J connectivity index is 1.03. The molecular formula is C53H36N4. The van der Waals surface area contributed by atoms with Crippen LogP contribution in [-0.2, 0) is 5.41 Å². The summed E-state index contributed by atoms with van der Waals surface area (Å²) in [6.07, 6.45) is 8.18. The van der Waals surface area contributed by atoms with Gasteiger partial charge in [-0.3, -0.25) is 4.98 Å². The van der Waals surface area contributed by atoms with Crippen LogP contribution in [0.2, 0.25) is 0 Å². The third-order valence-electron chi connectivity index (χ3n) is 12.6. The number of hydrogen-bond donors (Lipinski definition) is 1. The molecule has 0 saturated carbocycles. The maximum Gasteiger partial charge on any atom is 0.0871 e. The molecule has 10 aromatic rings. The maximum atomic E-state index is 7.55. The summed E-state index contributed by atoms with van der Waals surface area (Å²) in [6.45, 7) is 2.09. The van der Waals surface area contributed by atoms with E-state index < -0.39 is 5.41 Å². The lowest BCUT2D eigenvalue weighted by Gasteiger charge is -2.30. The Kier molecular flexibility index (Phi) is 6.59. The Bertz CT molecular complexity index is 3260. The van der Waals surface area contributed by atoms with Crippen LogP contribution < -0.4 is 5.73 Å². The van der Waals surface area contributed by atoms with Gasteiger partial charge in [0.25, 0.3) is 0 Å². The van der Waals surface area contributed by atoms with Crippen LogP contribution in [-0.4, -0.2) is 14.1 Å². The van der Waals surface area contributed by atoms with Crippen molar-refractivity contribution in [1.29, 1.82) is 0 Å². The normalized spacial score (nSPS) is 14.1. The predicted molar refractivity (Wildman–Crippen MR) is 236 cm³/mol. The first-order chi connectivity index (χ1) is 28.2. The number of pyridine rings is 1. The van der Waals surface area contributed by atoms with Crippen LogP contribution in [0.5, 0.6) is 0 Å². The van der Waals surface area contributed by atoms with Crippen LogP contribution >= 0.6 is 0 Å². The molecule has 3 aromatic heterocycles. The van der Waals surface area contributed by atoms with Crippen LogP contribution in [0.15, 0.2) is 194 Å². The number of allylic oxidation sites excluding steroid dienone is 4. The summed E-state index contributed by atoms with van der Waals surface area (Å²) in [5.41, 5.74) is 25.6. The Hall–Kier alpha value is -7.43. The number of benzene rings is 7. The third-order valence-corrected chi connectivity index (χ3v) is 12.6. The summed E-state index contributed by atoms with van der Waals surface area (Å²) in [5.74, 6) is 0. The van der Waals surface area contributed by atoms with Crippen LogP contribution in [0.4, 0.5) is 0 Å². The first-order valence-corrected chi connectivity index (χ1v) is 19.6. The highest BCUT2D eigenvalue weighted by Gasteiger charge is 2.52. The Morgan fingerprint density at radius 3 is 1.70 bits per heavy atom. The quantitative estimate of drug-likeness (QED) is 0.196. The zero-order valence-electron chi connectivity index (χ0n) is 31.3. The summed E-state index contributed by atoms with van der Waals surface area (Å²) < 4.78 is 4.76. The van der Waals surface area contributed by atoms with E-state index in [9.17, 15) is 0 Å². The van der Waals surface area contributed by atoms with Gasteiger partial charge in [0.1, 0.15) is 0 Å². The molecule has 12 rings (SSSR count). The molecular weight excluding hydrogens is 693 g/mol. The average molecular weight is 729 g/mol. The summed E-state index contributed by atoms with van der Waals surface area (Å²) in [4.78, 5) is 4.46. The standard InChI is InChI=1S/C53H36N4/c1-2-11-43-50-46(53(52(43)54)44-16-7-3-12-37(44)38-13-4-8-17-45(38)53)29-28-42-40-15-6-10-19-48(40)57(51(42)50)36-26-22-34(23-27-36)33-20-24-35(25-21-33)56-47-18-9-5-14-39(47)41-30-31-55-32-49(41)56/h2-32H,54H2,1H3/b11-2-. The molecule has 0 aliphatic heterocycles. The highest BCUT2D eigenvalue weighted by molar-refractivity contribution is 6.15. The smallest absolute Gasteiger partial charge is 0.0871 e. The number of nitrogens with two attached hydrogens (primary N) is 1. The second kappa shape index (κ2) is 11.8. The van der Waals surface area contributed by atoms with Crippen molar-refractivity contribution in [3.8, 4) is 33.6 Å². The van der Waals surface area contributed by atoms with Gasteiger partial charge in [0.05, 0.1) is 33.7 Å². The highest BCUT2D eigenvalue weighted by Crippen LogP contribution is 2.62. The van der Waals surface area contributed by atoms with Crippen molar-refractivity contribution in [1.82, 2.24) is 14.1 Å². The van der Waals surface area contributed by atoms with E-state index in [1.54, 1.807) is 0 Å². The minimum atomic E-state index is -0.585. The number of hydrogen-bond acceptors (Lipinski definition) is 2. The van der Waals surface area contributed by atoms with Crippen molar-refractivity contribution in [2.45, 2.75) is 12.3 Å². The molecule has 4 nitrogen and oxygen atoms in total. The van der Waals surface area contributed by atoms with Gasteiger partial charge in [0.2, 0.25) is 0 Å². The molecule has 57 heavy (non-hydrogen) atoms. The van der Waals surface area contributed by atoms with Crippen molar-refractivity contribution in [3.63, 3.8) is 0 Å². The molecule has 0 bridgehead atoms. The van der Waals surface area contributed by atoms with Gasteiger partial charge in [-0.2, -0.15) is 0 Å². The molecule has 7 aromatic carbocycles. The number of aromatic nitrogens is 3. The van der Waals surface area contributed by atoms with Gasteiger partial charge in [-0.25, -0.2) is 0 Å². The SMILES string of the molecule is C/C=C\C1=C(N)C2(c3ccccc3-c3ccccc32)c2ccc3c4ccccc4n(-c4ccc(-c5ccc(-n6c7ccccc7c7ccncc76)cc5)cc4)c3c21. The van der Waals surface area contributed by atoms with E-state index in [2.05, 4.69) is 197 Å². The average Bonchev–Trinajstić information content (AvgIpc) is 3.96. The molecule has 4 heteroatoms. The van der Waals surface area contributed by atoms with Crippen molar-refractivity contribution in [2.75, 3.05) is 0 Å². The molecule has 0 atom stereocenters. The molecule has 2 aliphatic carbocycles. The Morgan fingerprint density at radius 2 is 1.05 bits per heavy atom. The molecule has 268 valence electrons. The minimum absolute atomic E-state index is 0.585.